The molecule has 1 unspecified atom stereocenters. The lowest BCUT2D eigenvalue weighted by atomic mass is 10.3. The summed E-state index contributed by atoms with van der Waals surface area (Å²) in [5.41, 5.74) is 5.27. The van der Waals surface area contributed by atoms with Gasteiger partial charge in [0.15, 0.2) is 0 Å². The van der Waals surface area contributed by atoms with E-state index in [2.05, 4.69) is 23.3 Å². The van der Waals surface area contributed by atoms with Gasteiger partial charge in [-0.1, -0.05) is 0 Å². The summed E-state index contributed by atoms with van der Waals surface area (Å²) < 4.78 is 0. The molecule has 0 aliphatic heterocycles. The predicted octanol–water partition coefficient (Wildman–Crippen LogP) is -1.11. The van der Waals surface area contributed by atoms with Gasteiger partial charge < -0.3 is 16.4 Å². The van der Waals surface area contributed by atoms with Crippen LogP contribution in [0.1, 0.15) is 13.3 Å². The zero-order chi connectivity index (χ0) is 11.0. The number of nitrogens with one attached hydrogen (secondary N) is 2. The third kappa shape index (κ3) is 5.82. The van der Waals surface area contributed by atoms with Crippen molar-refractivity contribution in [3.8, 4) is 0 Å². The molecule has 0 aromatic heterocycles. The van der Waals surface area contributed by atoms with E-state index in [1.807, 2.05) is 0 Å². The van der Waals surface area contributed by atoms with E-state index in [0.29, 0.717) is 13.1 Å². The topological polar surface area (TPSA) is 84.2 Å². The van der Waals surface area contributed by atoms with Crippen molar-refractivity contribution < 1.29 is 9.59 Å². The Kier molecular flexibility index (Phi) is 7.23. The highest BCUT2D eigenvalue weighted by atomic mass is 32.1. The number of amides is 2. The molecule has 0 aliphatic rings. The molecule has 14 heavy (non-hydrogen) atoms. The lowest BCUT2D eigenvalue weighted by Gasteiger charge is -2.14. The maximum atomic E-state index is 11.4. The van der Waals surface area contributed by atoms with E-state index >= 15 is 0 Å². The summed E-state index contributed by atoms with van der Waals surface area (Å²) in [6.45, 7) is 2.43. The smallest absolute Gasteiger partial charge is 0.243 e. The van der Waals surface area contributed by atoms with Crippen LogP contribution in [-0.2, 0) is 9.59 Å². The minimum Gasteiger partial charge on any atom is -0.354 e. The van der Waals surface area contributed by atoms with Gasteiger partial charge in [0.25, 0.3) is 0 Å². The average Bonchev–Trinajstić information content (AvgIpc) is 2.14. The van der Waals surface area contributed by atoms with Gasteiger partial charge in [-0.3, -0.25) is 9.59 Å². The lowest BCUT2D eigenvalue weighted by molar-refractivity contribution is -0.127. The van der Waals surface area contributed by atoms with Crippen LogP contribution >= 0.6 is 12.6 Å². The standard InChI is InChI=1S/C8H17N3O2S/c1-6(12)11-7(5-14)8(13)10-4-2-3-9/h7,14H,2-5,9H2,1H3,(H,10,13)(H,11,12). The second kappa shape index (κ2) is 7.64. The number of hydrogen-bond donors (Lipinski definition) is 4. The number of nitrogens with two attached hydrogens (primary N) is 1. The molecule has 0 radical (unpaired) electrons. The molecule has 0 aromatic carbocycles. The molecule has 0 aromatic rings. The molecule has 0 heterocycles. The zero-order valence-electron chi connectivity index (χ0n) is 8.25. The van der Waals surface area contributed by atoms with Gasteiger partial charge in [0, 0.05) is 19.2 Å². The summed E-state index contributed by atoms with van der Waals surface area (Å²) in [7, 11) is 0. The molecule has 0 saturated carbocycles. The highest BCUT2D eigenvalue weighted by molar-refractivity contribution is 7.80. The number of thiol groups is 1. The van der Waals surface area contributed by atoms with Crippen LogP contribution in [0.5, 0.6) is 0 Å². The Morgan fingerprint density at radius 1 is 1.50 bits per heavy atom. The van der Waals surface area contributed by atoms with Crippen LogP contribution in [0.25, 0.3) is 0 Å². The number of carbonyl (C=O) groups excluding carboxylic acids is 2. The van der Waals surface area contributed by atoms with Crippen LogP contribution in [-0.4, -0.2) is 36.7 Å². The Morgan fingerprint density at radius 2 is 2.14 bits per heavy atom. The first-order chi connectivity index (χ1) is 6.61. The molecule has 6 heteroatoms. The molecule has 0 spiro atoms. The fourth-order valence-electron chi connectivity index (χ4n) is 0.876. The molecule has 5 nitrogen and oxygen atoms in total. The van der Waals surface area contributed by atoms with E-state index in [4.69, 9.17) is 5.73 Å². The molecule has 2 amide bonds. The van der Waals surface area contributed by atoms with Crippen LogP contribution in [0.15, 0.2) is 0 Å². The van der Waals surface area contributed by atoms with E-state index in [9.17, 15) is 9.59 Å². The van der Waals surface area contributed by atoms with E-state index in [0.717, 1.165) is 6.42 Å². The first kappa shape index (κ1) is 13.2. The fourth-order valence-corrected chi connectivity index (χ4v) is 1.13. The van der Waals surface area contributed by atoms with Gasteiger partial charge in [-0.25, -0.2) is 0 Å². The lowest BCUT2D eigenvalue weighted by Crippen LogP contribution is -2.47. The predicted molar refractivity (Wildman–Crippen MR) is 58.1 cm³/mol. The molecule has 0 aliphatic carbocycles. The quantitative estimate of drug-likeness (QED) is 0.337. The van der Waals surface area contributed by atoms with Gasteiger partial charge in [-0.15, -0.1) is 0 Å². The van der Waals surface area contributed by atoms with Crippen LogP contribution in [0.2, 0.25) is 0 Å². The highest BCUT2D eigenvalue weighted by Crippen LogP contribution is 1.88. The molecule has 1 atom stereocenters. The molecule has 0 fully saturated rings. The second-order valence-electron chi connectivity index (χ2n) is 2.87. The average molecular weight is 219 g/mol. The molecule has 0 rings (SSSR count). The van der Waals surface area contributed by atoms with Gasteiger partial charge in [-0.2, -0.15) is 12.6 Å². The third-order valence-corrected chi connectivity index (χ3v) is 1.92. The van der Waals surface area contributed by atoms with Crippen molar-refractivity contribution in [2.24, 2.45) is 5.73 Å². The van der Waals surface area contributed by atoms with Gasteiger partial charge in [0.1, 0.15) is 6.04 Å². The van der Waals surface area contributed by atoms with Crippen molar-refractivity contribution in [1.29, 1.82) is 0 Å². The molecule has 82 valence electrons. The molecule has 4 N–H and O–H groups in total. The minimum absolute atomic E-state index is 0.219. The largest absolute Gasteiger partial charge is 0.354 e. The normalized spacial score (nSPS) is 11.9. The zero-order valence-corrected chi connectivity index (χ0v) is 9.14. The van der Waals surface area contributed by atoms with Crippen LogP contribution in [0.4, 0.5) is 0 Å². The van der Waals surface area contributed by atoms with Crippen molar-refractivity contribution in [3.63, 3.8) is 0 Å². The maximum Gasteiger partial charge on any atom is 0.243 e. The van der Waals surface area contributed by atoms with Crippen LogP contribution in [0.3, 0.4) is 0 Å². The number of hydrogen-bond acceptors (Lipinski definition) is 4. The van der Waals surface area contributed by atoms with E-state index < -0.39 is 6.04 Å². The van der Waals surface area contributed by atoms with Gasteiger partial charge in [-0.05, 0) is 13.0 Å². The summed E-state index contributed by atoms with van der Waals surface area (Å²) in [6.07, 6.45) is 0.727. The summed E-state index contributed by atoms with van der Waals surface area (Å²) >= 11 is 3.97. The Morgan fingerprint density at radius 3 is 2.57 bits per heavy atom. The Labute approximate surface area is 89.2 Å². The van der Waals surface area contributed by atoms with Crippen molar-refractivity contribution in [2.45, 2.75) is 19.4 Å². The summed E-state index contributed by atoms with van der Waals surface area (Å²) in [4.78, 5) is 22.1. The van der Waals surface area contributed by atoms with Crippen LogP contribution < -0.4 is 16.4 Å². The van der Waals surface area contributed by atoms with E-state index in [-0.39, 0.29) is 17.6 Å². The highest BCUT2D eigenvalue weighted by Gasteiger charge is 2.16. The van der Waals surface area contributed by atoms with Crippen molar-refractivity contribution in [3.05, 3.63) is 0 Å². The van der Waals surface area contributed by atoms with Gasteiger partial charge >= 0.3 is 0 Å². The Bertz CT molecular complexity index is 199. The van der Waals surface area contributed by atoms with Crippen molar-refractivity contribution in [2.75, 3.05) is 18.8 Å². The molecular formula is C8H17N3O2S. The Hall–Kier alpha value is -0.750. The summed E-state index contributed by atoms with van der Waals surface area (Å²) in [5.74, 6) is -0.171. The number of rotatable bonds is 6. The van der Waals surface area contributed by atoms with Crippen molar-refractivity contribution >= 4 is 24.4 Å². The SMILES string of the molecule is CC(=O)NC(CS)C(=O)NCCCN. The van der Waals surface area contributed by atoms with E-state index in [1.54, 1.807) is 0 Å². The molecule has 0 bridgehead atoms. The summed E-state index contributed by atoms with van der Waals surface area (Å²) in [6, 6.07) is -0.561. The van der Waals surface area contributed by atoms with E-state index in [1.165, 1.54) is 6.92 Å². The summed E-state index contributed by atoms with van der Waals surface area (Å²) in [5, 5.41) is 5.16. The maximum absolute atomic E-state index is 11.4. The molecule has 0 saturated heterocycles. The molecular weight excluding hydrogens is 202 g/mol. The van der Waals surface area contributed by atoms with Gasteiger partial charge in [0.2, 0.25) is 11.8 Å². The van der Waals surface area contributed by atoms with Crippen molar-refractivity contribution in [1.82, 2.24) is 10.6 Å². The second-order valence-corrected chi connectivity index (χ2v) is 3.23. The minimum atomic E-state index is -0.561. The first-order valence-corrected chi connectivity index (χ1v) is 5.10. The Balaban J connectivity index is 3.85. The first-order valence-electron chi connectivity index (χ1n) is 4.47. The fraction of sp³-hybridized carbons (Fsp3) is 0.750. The number of carbonyl (C=O) groups is 2. The van der Waals surface area contributed by atoms with Crippen LogP contribution in [0, 0.1) is 0 Å². The third-order valence-electron chi connectivity index (χ3n) is 1.56. The monoisotopic (exact) mass is 219 g/mol. The van der Waals surface area contributed by atoms with Gasteiger partial charge in [0.05, 0.1) is 0 Å².